The van der Waals surface area contributed by atoms with E-state index in [1.807, 2.05) is 13.0 Å². The summed E-state index contributed by atoms with van der Waals surface area (Å²) in [6.07, 6.45) is 3.84. The molecule has 2 heterocycles. The number of hydrogen-bond donors (Lipinski definition) is 1. The molecule has 2 saturated heterocycles. The van der Waals surface area contributed by atoms with Crippen LogP contribution < -0.4 is 10.1 Å². The Morgan fingerprint density at radius 1 is 1.27 bits per heavy atom. The Kier molecular flexibility index (Phi) is 6.07. The van der Waals surface area contributed by atoms with E-state index in [2.05, 4.69) is 10.2 Å². The molecule has 0 saturated carbocycles. The number of nitrogens with zero attached hydrogens (tertiary/aromatic N) is 1. The molecular formula is C17H26ClFN2O. The third-order valence-corrected chi connectivity index (χ3v) is 4.88. The van der Waals surface area contributed by atoms with Gasteiger partial charge in [0.25, 0.3) is 0 Å². The first kappa shape index (κ1) is 17.5. The van der Waals surface area contributed by atoms with Gasteiger partial charge in [-0.15, -0.1) is 12.4 Å². The summed E-state index contributed by atoms with van der Waals surface area (Å²) in [7, 11) is 0. The molecule has 0 amide bonds. The molecule has 1 aromatic rings. The van der Waals surface area contributed by atoms with Crippen LogP contribution in [0.5, 0.6) is 5.75 Å². The van der Waals surface area contributed by atoms with E-state index in [4.69, 9.17) is 4.74 Å². The average Bonchev–Trinajstić information content (AvgIpc) is 2.85. The Labute approximate surface area is 138 Å². The van der Waals surface area contributed by atoms with Gasteiger partial charge < -0.3 is 10.1 Å². The molecule has 0 radical (unpaired) electrons. The molecule has 1 aromatic carbocycles. The summed E-state index contributed by atoms with van der Waals surface area (Å²) in [4.78, 5) is 2.47. The van der Waals surface area contributed by atoms with Gasteiger partial charge in [-0.2, -0.15) is 0 Å². The minimum Gasteiger partial charge on any atom is -0.491 e. The lowest BCUT2D eigenvalue weighted by atomic mass is 9.78. The van der Waals surface area contributed by atoms with E-state index >= 15 is 0 Å². The van der Waals surface area contributed by atoms with Crippen LogP contribution in [0.15, 0.2) is 18.2 Å². The zero-order valence-corrected chi connectivity index (χ0v) is 14.1. The minimum atomic E-state index is -0.245. The summed E-state index contributed by atoms with van der Waals surface area (Å²) in [5, 5.41) is 3.44. The highest BCUT2D eigenvalue weighted by atomic mass is 35.5. The van der Waals surface area contributed by atoms with Crippen molar-refractivity contribution in [3.05, 3.63) is 29.6 Å². The second-order valence-corrected chi connectivity index (χ2v) is 6.41. The molecule has 2 aliphatic heterocycles. The molecule has 0 atom stereocenters. The van der Waals surface area contributed by atoms with E-state index in [0.29, 0.717) is 17.8 Å². The Balaban J connectivity index is 0.00000176. The fourth-order valence-electron chi connectivity index (χ4n) is 3.70. The molecule has 22 heavy (non-hydrogen) atoms. The highest BCUT2D eigenvalue weighted by Gasteiger charge is 2.38. The molecule has 3 nitrogen and oxygen atoms in total. The van der Waals surface area contributed by atoms with Crippen molar-refractivity contribution in [2.45, 2.75) is 32.7 Å². The van der Waals surface area contributed by atoms with E-state index in [1.54, 1.807) is 12.1 Å². The first-order valence-electron chi connectivity index (χ1n) is 8.05. The number of ether oxygens (including phenoxy) is 1. The molecular weight excluding hydrogens is 303 g/mol. The van der Waals surface area contributed by atoms with Crippen molar-refractivity contribution in [3.8, 4) is 5.75 Å². The number of halogens is 2. The van der Waals surface area contributed by atoms with E-state index in [1.165, 1.54) is 19.3 Å². The summed E-state index contributed by atoms with van der Waals surface area (Å²) in [6, 6.07) is 5.37. The van der Waals surface area contributed by atoms with Gasteiger partial charge >= 0.3 is 0 Å². The lowest BCUT2D eigenvalue weighted by molar-refractivity contribution is 0.194. The second-order valence-electron chi connectivity index (χ2n) is 6.41. The van der Waals surface area contributed by atoms with Gasteiger partial charge in [-0.1, -0.05) is 6.07 Å². The first-order chi connectivity index (χ1) is 10.2. The topological polar surface area (TPSA) is 24.5 Å². The number of benzene rings is 1. The van der Waals surface area contributed by atoms with E-state index in [9.17, 15) is 4.39 Å². The highest BCUT2D eigenvalue weighted by Crippen LogP contribution is 2.39. The minimum absolute atomic E-state index is 0. The van der Waals surface area contributed by atoms with Crippen LogP contribution in [0, 0.1) is 11.2 Å². The molecule has 2 aliphatic rings. The van der Waals surface area contributed by atoms with Crippen LogP contribution in [0.2, 0.25) is 0 Å². The second kappa shape index (κ2) is 7.62. The third kappa shape index (κ3) is 3.92. The van der Waals surface area contributed by atoms with E-state index in [-0.39, 0.29) is 18.2 Å². The van der Waals surface area contributed by atoms with Gasteiger partial charge in [0.15, 0.2) is 11.6 Å². The van der Waals surface area contributed by atoms with Gasteiger partial charge in [0.2, 0.25) is 0 Å². The molecule has 3 rings (SSSR count). The number of nitrogens with one attached hydrogen (secondary N) is 1. The molecule has 0 bridgehead atoms. The molecule has 0 aliphatic carbocycles. The summed E-state index contributed by atoms with van der Waals surface area (Å²) in [5.74, 6) is 0.114. The number of hydrogen-bond acceptors (Lipinski definition) is 3. The zero-order chi connectivity index (χ0) is 14.7. The van der Waals surface area contributed by atoms with Crippen molar-refractivity contribution >= 4 is 12.4 Å². The van der Waals surface area contributed by atoms with Crippen LogP contribution in [-0.2, 0) is 6.54 Å². The molecule has 0 aromatic heterocycles. The van der Waals surface area contributed by atoms with Crippen molar-refractivity contribution in [1.82, 2.24) is 10.2 Å². The predicted octanol–water partition coefficient (Wildman–Crippen LogP) is 3.22. The number of piperidine rings is 1. The third-order valence-electron chi connectivity index (χ3n) is 4.88. The first-order valence-corrected chi connectivity index (χ1v) is 8.05. The Hall–Kier alpha value is -0.840. The molecule has 124 valence electrons. The number of likely N-dealkylation sites (tertiary alicyclic amines) is 1. The van der Waals surface area contributed by atoms with Gasteiger partial charge in [-0.25, -0.2) is 4.39 Å². The Morgan fingerprint density at radius 2 is 2.05 bits per heavy atom. The lowest BCUT2D eigenvalue weighted by Crippen LogP contribution is -2.38. The molecule has 2 fully saturated rings. The van der Waals surface area contributed by atoms with Gasteiger partial charge in [0.05, 0.1) is 6.61 Å². The molecule has 5 heteroatoms. The monoisotopic (exact) mass is 328 g/mol. The van der Waals surface area contributed by atoms with Gasteiger partial charge in [-0.05, 0) is 68.9 Å². The lowest BCUT2D eigenvalue weighted by Gasteiger charge is -2.33. The van der Waals surface area contributed by atoms with E-state index < -0.39 is 0 Å². The van der Waals surface area contributed by atoms with Crippen LogP contribution in [0.1, 0.15) is 31.7 Å². The standard InChI is InChI=1S/C17H25FN2O.ClH/c1-2-21-16-4-3-14(11-15(16)18)12-20-10-7-17(13-20)5-8-19-9-6-17;/h3-4,11,19H,2,5-10,12-13H2,1H3;1H. The van der Waals surface area contributed by atoms with Gasteiger partial charge in [0.1, 0.15) is 0 Å². The highest BCUT2D eigenvalue weighted by molar-refractivity contribution is 5.85. The Morgan fingerprint density at radius 3 is 2.73 bits per heavy atom. The van der Waals surface area contributed by atoms with Crippen LogP contribution in [0.3, 0.4) is 0 Å². The predicted molar refractivity (Wildman–Crippen MR) is 89.2 cm³/mol. The molecule has 0 unspecified atom stereocenters. The van der Waals surface area contributed by atoms with Gasteiger partial charge in [-0.3, -0.25) is 4.90 Å². The normalized spacial score (nSPS) is 20.8. The van der Waals surface area contributed by atoms with Crippen molar-refractivity contribution in [2.24, 2.45) is 5.41 Å². The van der Waals surface area contributed by atoms with Crippen LogP contribution >= 0.6 is 12.4 Å². The van der Waals surface area contributed by atoms with Crippen LogP contribution in [0.25, 0.3) is 0 Å². The van der Waals surface area contributed by atoms with Crippen molar-refractivity contribution in [1.29, 1.82) is 0 Å². The summed E-state index contributed by atoms with van der Waals surface area (Å²) in [5.41, 5.74) is 1.55. The fraction of sp³-hybridized carbons (Fsp3) is 0.647. The van der Waals surface area contributed by atoms with Crippen molar-refractivity contribution < 1.29 is 9.13 Å². The summed E-state index contributed by atoms with van der Waals surface area (Å²) >= 11 is 0. The molecule has 1 N–H and O–H groups in total. The number of rotatable bonds is 4. The largest absolute Gasteiger partial charge is 0.491 e. The summed E-state index contributed by atoms with van der Waals surface area (Å²) in [6.45, 7) is 7.79. The zero-order valence-electron chi connectivity index (χ0n) is 13.2. The van der Waals surface area contributed by atoms with Gasteiger partial charge in [0, 0.05) is 13.1 Å². The summed E-state index contributed by atoms with van der Waals surface area (Å²) < 4.78 is 19.2. The smallest absolute Gasteiger partial charge is 0.165 e. The van der Waals surface area contributed by atoms with Crippen molar-refractivity contribution in [2.75, 3.05) is 32.8 Å². The Bertz CT molecular complexity index is 492. The maximum absolute atomic E-state index is 13.9. The van der Waals surface area contributed by atoms with Crippen molar-refractivity contribution in [3.63, 3.8) is 0 Å². The quantitative estimate of drug-likeness (QED) is 0.918. The maximum Gasteiger partial charge on any atom is 0.165 e. The van der Waals surface area contributed by atoms with Crippen LogP contribution in [-0.4, -0.2) is 37.7 Å². The van der Waals surface area contributed by atoms with E-state index in [0.717, 1.165) is 38.3 Å². The average molecular weight is 329 g/mol. The fourth-order valence-corrected chi connectivity index (χ4v) is 3.70. The maximum atomic E-state index is 13.9. The molecule has 1 spiro atoms. The SMILES string of the molecule is CCOc1ccc(CN2CCC3(CCNCC3)C2)cc1F.Cl. The van der Waals surface area contributed by atoms with Crippen LogP contribution in [0.4, 0.5) is 4.39 Å².